The van der Waals surface area contributed by atoms with Crippen LogP contribution in [0.1, 0.15) is 33.3 Å². The molecular weight excluding hydrogens is 359 g/mol. The zero-order valence-electron chi connectivity index (χ0n) is 17.1. The molecule has 2 heterocycles. The van der Waals surface area contributed by atoms with Crippen molar-refractivity contribution >= 4 is 12.6 Å². The van der Waals surface area contributed by atoms with Gasteiger partial charge in [-0.1, -0.05) is 36.4 Å². The molecule has 0 spiro atoms. The van der Waals surface area contributed by atoms with Gasteiger partial charge in [-0.25, -0.2) is 0 Å². The number of nitriles is 1. The van der Waals surface area contributed by atoms with Gasteiger partial charge in [0.15, 0.2) is 0 Å². The van der Waals surface area contributed by atoms with Crippen LogP contribution < -0.4 is 5.46 Å². The van der Waals surface area contributed by atoms with Crippen LogP contribution >= 0.6 is 0 Å². The number of hydrogen-bond donors (Lipinski definition) is 0. The Morgan fingerprint density at radius 3 is 2.07 bits per heavy atom. The van der Waals surface area contributed by atoms with Crippen molar-refractivity contribution in [3.05, 3.63) is 72.4 Å². The standard InChI is InChI=1S/C24H23BN2O2/c1-23(2)24(3,4)29-25(28-23)21-14-17(16-26)13-20(15-21)18-8-10-19(11-9-18)22-7-5-6-12-27-22/h5-15H,1-4H3. The molecule has 4 rings (SSSR count). The minimum absolute atomic E-state index is 0.426. The number of benzene rings is 2. The first-order valence-electron chi connectivity index (χ1n) is 9.72. The van der Waals surface area contributed by atoms with E-state index in [1.807, 2.05) is 76.2 Å². The summed E-state index contributed by atoms with van der Waals surface area (Å²) in [6.07, 6.45) is 1.79. The fraction of sp³-hybridized carbons (Fsp3) is 0.250. The Bertz CT molecular complexity index is 1050. The van der Waals surface area contributed by atoms with Crippen LogP contribution in [-0.4, -0.2) is 23.3 Å². The summed E-state index contributed by atoms with van der Waals surface area (Å²) in [5.41, 5.74) is 4.56. The Labute approximate surface area is 172 Å². The van der Waals surface area contributed by atoms with E-state index in [2.05, 4.69) is 23.2 Å². The summed E-state index contributed by atoms with van der Waals surface area (Å²) in [4.78, 5) is 4.40. The summed E-state index contributed by atoms with van der Waals surface area (Å²) < 4.78 is 12.4. The number of aromatic nitrogens is 1. The van der Waals surface area contributed by atoms with Crippen molar-refractivity contribution in [3.63, 3.8) is 0 Å². The van der Waals surface area contributed by atoms with Crippen LogP contribution in [0.2, 0.25) is 0 Å². The lowest BCUT2D eigenvalue weighted by atomic mass is 9.77. The van der Waals surface area contributed by atoms with E-state index in [1.165, 1.54) is 0 Å². The summed E-state index contributed by atoms with van der Waals surface area (Å²) in [7, 11) is -0.500. The lowest BCUT2D eigenvalue weighted by Crippen LogP contribution is -2.41. The second kappa shape index (κ2) is 7.15. The summed E-state index contributed by atoms with van der Waals surface area (Å²) in [5.74, 6) is 0. The van der Waals surface area contributed by atoms with E-state index in [4.69, 9.17) is 9.31 Å². The van der Waals surface area contributed by atoms with Crippen LogP contribution in [0.15, 0.2) is 66.9 Å². The van der Waals surface area contributed by atoms with Gasteiger partial charge in [0.05, 0.1) is 28.5 Å². The zero-order valence-corrected chi connectivity index (χ0v) is 17.1. The highest BCUT2D eigenvalue weighted by atomic mass is 16.7. The highest BCUT2D eigenvalue weighted by Gasteiger charge is 2.51. The summed E-state index contributed by atoms with van der Waals surface area (Å²) >= 11 is 0. The topological polar surface area (TPSA) is 55.1 Å². The molecule has 144 valence electrons. The Hall–Kier alpha value is -2.94. The molecule has 1 aliphatic heterocycles. The van der Waals surface area contributed by atoms with E-state index >= 15 is 0 Å². The average Bonchev–Trinajstić information content (AvgIpc) is 2.95. The Balaban J connectivity index is 1.69. The van der Waals surface area contributed by atoms with E-state index in [0.29, 0.717) is 5.56 Å². The molecule has 1 saturated heterocycles. The van der Waals surface area contributed by atoms with Crippen LogP contribution in [0.3, 0.4) is 0 Å². The molecule has 0 unspecified atom stereocenters. The van der Waals surface area contributed by atoms with Crippen molar-refractivity contribution in [1.29, 1.82) is 5.26 Å². The third kappa shape index (κ3) is 3.70. The molecule has 1 fully saturated rings. The average molecular weight is 382 g/mol. The maximum absolute atomic E-state index is 9.53. The van der Waals surface area contributed by atoms with Gasteiger partial charge >= 0.3 is 7.12 Å². The SMILES string of the molecule is CC1(C)OB(c2cc(C#N)cc(-c3ccc(-c4ccccn4)cc3)c2)OC1(C)C. The van der Waals surface area contributed by atoms with Gasteiger partial charge in [-0.2, -0.15) is 5.26 Å². The Kier molecular flexibility index (Phi) is 4.78. The minimum Gasteiger partial charge on any atom is -0.399 e. The second-order valence-electron chi connectivity index (χ2n) is 8.34. The lowest BCUT2D eigenvalue weighted by molar-refractivity contribution is 0.00578. The highest BCUT2D eigenvalue weighted by Crippen LogP contribution is 2.37. The Morgan fingerprint density at radius 1 is 0.828 bits per heavy atom. The monoisotopic (exact) mass is 382 g/mol. The number of rotatable bonds is 3. The number of pyridine rings is 1. The molecule has 29 heavy (non-hydrogen) atoms. The molecule has 0 radical (unpaired) electrons. The molecule has 0 saturated carbocycles. The molecule has 2 aromatic carbocycles. The van der Waals surface area contributed by atoms with Gasteiger partial charge in [0.25, 0.3) is 0 Å². The van der Waals surface area contributed by atoms with Crippen molar-refractivity contribution in [3.8, 4) is 28.5 Å². The molecule has 0 bridgehead atoms. The molecule has 0 aliphatic carbocycles. The quantitative estimate of drug-likeness (QED) is 0.622. The van der Waals surface area contributed by atoms with Crippen molar-refractivity contribution in [2.45, 2.75) is 38.9 Å². The molecule has 1 aliphatic rings. The summed E-state index contributed by atoms with van der Waals surface area (Å²) in [6.45, 7) is 8.10. The smallest absolute Gasteiger partial charge is 0.399 e. The van der Waals surface area contributed by atoms with Gasteiger partial charge in [-0.3, -0.25) is 4.98 Å². The molecule has 0 atom stereocenters. The van der Waals surface area contributed by atoms with Crippen LogP contribution in [0.25, 0.3) is 22.4 Å². The third-order valence-corrected chi connectivity index (χ3v) is 5.79. The van der Waals surface area contributed by atoms with Gasteiger partial charge in [-0.05, 0) is 68.6 Å². The van der Waals surface area contributed by atoms with E-state index in [-0.39, 0.29) is 0 Å². The van der Waals surface area contributed by atoms with Crippen molar-refractivity contribution < 1.29 is 9.31 Å². The Morgan fingerprint density at radius 2 is 1.48 bits per heavy atom. The van der Waals surface area contributed by atoms with E-state index in [1.54, 1.807) is 6.20 Å². The molecule has 4 nitrogen and oxygen atoms in total. The normalized spacial score (nSPS) is 17.1. The van der Waals surface area contributed by atoms with E-state index in [0.717, 1.165) is 27.8 Å². The maximum Gasteiger partial charge on any atom is 0.494 e. The largest absolute Gasteiger partial charge is 0.494 e. The van der Waals surface area contributed by atoms with Crippen LogP contribution in [-0.2, 0) is 9.31 Å². The fourth-order valence-electron chi connectivity index (χ4n) is 3.37. The predicted molar refractivity (Wildman–Crippen MR) is 116 cm³/mol. The van der Waals surface area contributed by atoms with Gasteiger partial charge < -0.3 is 9.31 Å². The van der Waals surface area contributed by atoms with Crippen molar-refractivity contribution in [2.75, 3.05) is 0 Å². The molecular formula is C24H23BN2O2. The molecule has 0 amide bonds. The van der Waals surface area contributed by atoms with Crippen molar-refractivity contribution in [2.24, 2.45) is 0 Å². The first kappa shape index (κ1) is 19.4. The lowest BCUT2D eigenvalue weighted by Gasteiger charge is -2.32. The molecule has 0 N–H and O–H groups in total. The third-order valence-electron chi connectivity index (χ3n) is 5.79. The van der Waals surface area contributed by atoms with Crippen LogP contribution in [0.5, 0.6) is 0 Å². The summed E-state index contributed by atoms with van der Waals surface area (Å²) in [5, 5.41) is 9.53. The predicted octanol–water partition coefficient (Wildman–Crippen LogP) is 4.59. The number of nitrogens with zero attached hydrogens (tertiary/aromatic N) is 2. The molecule has 3 aromatic rings. The molecule has 1 aromatic heterocycles. The zero-order chi connectivity index (χ0) is 20.6. The molecule has 5 heteroatoms. The van der Waals surface area contributed by atoms with Gasteiger partial charge in [0, 0.05) is 11.8 Å². The first-order valence-corrected chi connectivity index (χ1v) is 9.72. The van der Waals surface area contributed by atoms with Gasteiger partial charge in [-0.15, -0.1) is 0 Å². The summed E-state index contributed by atoms with van der Waals surface area (Å²) in [6, 6.07) is 22.1. The minimum atomic E-state index is -0.500. The van der Waals surface area contributed by atoms with E-state index < -0.39 is 18.3 Å². The van der Waals surface area contributed by atoms with Gasteiger partial charge in [0.1, 0.15) is 0 Å². The first-order chi connectivity index (χ1) is 13.8. The van der Waals surface area contributed by atoms with Crippen LogP contribution in [0, 0.1) is 11.3 Å². The number of hydrogen-bond acceptors (Lipinski definition) is 4. The van der Waals surface area contributed by atoms with Crippen molar-refractivity contribution in [1.82, 2.24) is 4.98 Å². The van der Waals surface area contributed by atoms with E-state index in [9.17, 15) is 5.26 Å². The fourth-order valence-corrected chi connectivity index (χ4v) is 3.37. The maximum atomic E-state index is 9.53. The highest BCUT2D eigenvalue weighted by molar-refractivity contribution is 6.62. The van der Waals surface area contributed by atoms with Gasteiger partial charge in [0.2, 0.25) is 0 Å². The second-order valence-corrected chi connectivity index (χ2v) is 8.34. The van der Waals surface area contributed by atoms with Crippen LogP contribution in [0.4, 0.5) is 0 Å².